The number of hydrogen-bond acceptors (Lipinski definition) is 3. The molecule has 0 aliphatic rings. The fourth-order valence-electron chi connectivity index (χ4n) is 2.36. The van der Waals surface area contributed by atoms with Crippen LogP contribution in [0.3, 0.4) is 0 Å². The van der Waals surface area contributed by atoms with Crippen molar-refractivity contribution in [1.82, 2.24) is 0 Å². The largest absolute Gasteiger partial charge is 0.322 e. The molecule has 3 aromatic rings. The quantitative estimate of drug-likeness (QED) is 0.522. The Hall–Kier alpha value is -3.15. The zero-order valence-electron chi connectivity index (χ0n) is 13.6. The molecule has 0 heterocycles. The predicted octanol–water partition coefficient (Wildman–Crippen LogP) is 4.63. The van der Waals surface area contributed by atoms with Crippen LogP contribution in [-0.2, 0) is 0 Å². The number of rotatable bonds is 4. The van der Waals surface area contributed by atoms with E-state index in [0.717, 1.165) is 0 Å². The standard InChI is InChI=1S/C20H15ClN2O3/c21-18-13-15(22-19(24)14-7-3-1-4-8-14)11-12-17(18)20(25)23(26)16-9-5-2-6-10-16/h1-13,26H,(H,22,24). The molecular weight excluding hydrogens is 352 g/mol. The lowest BCUT2D eigenvalue weighted by molar-refractivity contribution is 0.0855. The van der Waals surface area contributed by atoms with Crippen molar-refractivity contribution in [1.29, 1.82) is 0 Å². The Morgan fingerprint density at radius 3 is 2.12 bits per heavy atom. The number of benzene rings is 3. The Morgan fingerprint density at radius 1 is 0.885 bits per heavy atom. The highest BCUT2D eigenvalue weighted by Gasteiger charge is 2.19. The van der Waals surface area contributed by atoms with E-state index in [2.05, 4.69) is 5.32 Å². The molecule has 0 fully saturated rings. The highest BCUT2D eigenvalue weighted by Crippen LogP contribution is 2.24. The van der Waals surface area contributed by atoms with Gasteiger partial charge in [0.1, 0.15) is 0 Å². The molecule has 3 rings (SSSR count). The summed E-state index contributed by atoms with van der Waals surface area (Å²) in [6, 6.07) is 21.6. The van der Waals surface area contributed by atoms with Gasteiger partial charge in [0.25, 0.3) is 11.8 Å². The van der Waals surface area contributed by atoms with Gasteiger partial charge in [-0.15, -0.1) is 0 Å². The number of halogens is 1. The Balaban J connectivity index is 1.77. The Bertz CT molecular complexity index is 930. The number of hydroxylamine groups is 1. The summed E-state index contributed by atoms with van der Waals surface area (Å²) in [6.07, 6.45) is 0. The second-order valence-corrected chi connectivity index (χ2v) is 5.87. The first kappa shape index (κ1) is 17.7. The molecule has 5 nitrogen and oxygen atoms in total. The van der Waals surface area contributed by atoms with Crippen LogP contribution in [-0.4, -0.2) is 17.0 Å². The molecule has 2 N–H and O–H groups in total. The summed E-state index contributed by atoms with van der Waals surface area (Å²) >= 11 is 6.18. The molecule has 130 valence electrons. The molecule has 3 aromatic carbocycles. The lowest BCUT2D eigenvalue weighted by Gasteiger charge is -2.16. The fraction of sp³-hybridized carbons (Fsp3) is 0. The van der Waals surface area contributed by atoms with Gasteiger partial charge >= 0.3 is 0 Å². The Labute approximate surface area is 155 Å². The third kappa shape index (κ3) is 3.91. The monoisotopic (exact) mass is 366 g/mol. The van der Waals surface area contributed by atoms with Gasteiger partial charge in [0.15, 0.2) is 0 Å². The van der Waals surface area contributed by atoms with Crippen molar-refractivity contribution in [2.75, 3.05) is 10.4 Å². The van der Waals surface area contributed by atoms with E-state index >= 15 is 0 Å². The highest BCUT2D eigenvalue weighted by molar-refractivity contribution is 6.34. The van der Waals surface area contributed by atoms with Crippen molar-refractivity contribution in [3.63, 3.8) is 0 Å². The van der Waals surface area contributed by atoms with E-state index in [9.17, 15) is 14.8 Å². The van der Waals surface area contributed by atoms with Gasteiger partial charge in [-0.3, -0.25) is 14.8 Å². The van der Waals surface area contributed by atoms with Crippen LogP contribution in [0.2, 0.25) is 5.02 Å². The Kier molecular flexibility index (Phi) is 5.31. The molecule has 0 aliphatic carbocycles. The van der Waals surface area contributed by atoms with E-state index in [4.69, 9.17) is 11.6 Å². The number of carbonyl (C=O) groups is 2. The first-order chi connectivity index (χ1) is 12.6. The zero-order chi connectivity index (χ0) is 18.5. The highest BCUT2D eigenvalue weighted by atomic mass is 35.5. The molecule has 0 saturated carbocycles. The van der Waals surface area contributed by atoms with Crippen LogP contribution in [0, 0.1) is 0 Å². The lowest BCUT2D eigenvalue weighted by atomic mass is 10.1. The molecule has 0 aromatic heterocycles. The summed E-state index contributed by atoms with van der Waals surface area (Å²) in [5.74, 6) is -0.948. The number of hydrogen-bond donors (Lipinski definition) is 2. The average molecular weight is 367 g/mol. The maximum absolute atomic E-state index is 12.4. The third-order valence-electron chi connectivity index (χ3n) is 3.69. The van der Waals surface area contributed by atoms with Gasteiger partial charge in [0.2, 0.25) is 0 Å². The molecule has 6 heteroatoms. The van der Waals surface area contributed by atoms with Crippen LogP contribution < -0.4 is 10.4 Å². The summed E-state index contributed by atoms with van der Waals surface area (Å²) in [5.41, 5.74) is 1.41. The van der Waals surface area contributed by atoms with Crippen molar-refractivity contribution < 1.29 is 14.8 Å². The molecule has 0 saturated heterocycles. The van der Waals surface area contributed by atoms with Gasteiger partial charge in [-0.25, -0.2) is 0 Å². The molecule has 0 atom stereocenters. The first-order valence-corrected chi connectivity index (χ1v) is 8.18. The van der Waals surface area contributed by atoms with E-state index in [1.54, 1.807) is 60.7 Å². The van der Waals surface area contributed by atoms with Crippen LogP contribution in [0.25, 0.3) is 0 Å². The normalized spacial score (nSPS) is 10.2. The Morgan fingerprint density at radius 2 is 1.50 bits per heavy atom. The van der Waals surface area contributed by atoms with Gasteiger partial charge in [-0.1, -0.05) is 48.0 Å². The minimum absolute atomic E-state index is 0.121. The second kappa shape index (κ2) is 7.82. The van der Waals surface area contributed by atoms with Crippen LogP contribution >= 0.6 is 11.6 Å². The summed E-state index contributed by atoms with van der Waals surface area (Å²) in [7, 11) is 0. The van der Waals surface area contributed by atoms with E-state index in [1.807, 2.05) is 6.07 Å². The smallest absolute Gasteiger partial charge is 0.283 e. The van der Waals surface area contributed by atoms with Crippen molar-refractivity contribution in [2.45, 2.75) is 0 Å². The van der Waals surface area contributed by atoms with Crippen LogP contribution in [0.1, 0.15) is 20.7 Å². The molecule has 0 unspecified atom stereocenters. The van der Waals surface area contributed by atoms with Crippen molar-refractivity contribution in [2.24, 2.45) is 0 Å². The van der Waals surface area contributed by atoms with Gasteiger partial charge in [-0.2, -0.15) is 5.06 Å². The number of para-hydroxylation sites is 1. The average Bonchev–Trinajstić information content (AvgIpc) is 2.68. The maximum atomic E-state index is 12.4. The van der Waals surface area contributed by atoms with E-state index in [1.165, 1.54) is 12.1 Å². The number of amides is 2. The van der Waals surface area contributed by atoms with Gasteiger partial charge in [0.05, 0.1) is 16.3 Å². The van der Waals surface area contributed by atoms with Crippen LogP contribution in [0.15, 0.2) is 78.9 Å². The molecular formula is C20H15ClN2O3. The minimum Gasteiger partial charge on any atom is -0.322 e. The number of anilines is 2. The molecule has 26 heavy (non-hydrogen) atoms. The molecule has 0 radical (unpaired) electrons. The number of nitrogens with one attached hydrogen (secondary N) is 1. The molecule has 0 spiro atoms. The minimum atomic E-state index is -0.665. The van der Waals surface area contributed by atoms with Crippen molar-refractivity contribution in [3.8, 4) is 0 Å². The predicted molar refractivity (Wildman–Crippen MR) is 101 cm³/mol. The molecule has 0 aliphatic heterocycles. The third-order valence-corrected chi connectivity index (χ3v) is 4.00. The van der Waals surface area contributed by atoms with Crippen molar-refractivity contribution in [3.05, 3.63) is 95.0 Å². The van der Waals surface area contributed by atoms with Gasteiger partial charge < -0.3 is 5.32 Å². The summed E-state index contributed by atoms with van der Waals surface area (Å²) < 4.78 is 0. The van der Waals surface area contributed by atoms with E-state index in [-0.39, 0.29) is 16.5 Å². The number of carbonyl (C=O) groups excluding carboxylic acids is 2. The SMILES string of the molecule is O=C(Nc1ccc(C(=O)N(O)c2ccccc2)c(Cl)c1)c1ccccc1. The summed E-state index contributed by atoms with van der Waals surface area (Å²) in [5, 5.41) is 13.5. The molecule has 0 bridgehead atoms. The molecule has 2 amide bonds. The van der Waals surface area contributed by atoms with E-state index < -0.39 is 5.91 Å². The van der Waals surface area contributed by atoms with E-state index in [0.29, 0.717) is 22.0 Å². The fourth-order valence-corrected chi connectivity index (χ4v) is 2.62. The summed E-state index contributed by atoms with van der Waals surface area (Å²) in [4.78, 5) is 24.6. The van der Waals surface area contributed by atoms with Crippen LogP contribution in [0.5, 0.6) is 0 Å². The van der Waals surface area contributed by atoms with Crippen molar-refractivity contribution >= 4 is 34.8 Å². The summed E-state index contributed by atoms with van der Waals surface area (Å²) in [6.45, 7) is 0. The van der Waals surface area contributed by atoms with Crippen LogP contribution in [0.4, 0.5) is 11.4 Å². The topological polar surface area (TPSA) is 69.6 Å². The zero-order valence-corrected chi connectivity index (χ0v) is 14.4. The van der Waals surface area contributed by atoms with Gasteiger partial charge in [-0.05, 0) is 42.5 Å². The van der Waals surface area contributed by atoms with Gasteiger partial charge in [0, 0.05) is 11.3 Å². The first-order valence-electron chi connectivity index (χ1n) is 7.80. The number of nitrogens with zero attached hydrogens (tertiary/aromatic N) is 1. The second-order valence-electron chi connectivity index (χ2n) is 5.47. The lowest BCUT2D eigenvalue weighted by Crippen LogP contribution is -2.27. The maximum Gasteiger partial charge on any atom is 0.283 e.